The molecule has 2 aromatic carbocycles. The third kappa shape index (κ3) is 3.15. The predicted molar refractivity (Wildman–Crippen MR) is 75.9 cm³/mol. The molecule has 0 spiro atoms. The summed E-state index contributed by atoms with van der Waals surface area (Å²) in [7, 11) is 0. The van der Waals surface area contributed by atoms with Crippen molar-refractivity contribution in [2.75, 3.05) is 0 Å². The van der Waals surface area contributed by atoms with Crippen LogP contribution in [0.3, 0.4) is 0 Å². The van der Waals surface area contributed by atoms with E-state index in [0.29, 0.717) is 16.1 Å². The summed E-state index contributed by atoms with van der Waals surface area (Å²) in [6, 6.07) is 6.45. The molecule has 19 heavy (non-hydrogen) atoms. The van der Waals surface area contributed by atoms with Gasteiger partial charge in [0.05, 0.1) is 5.38 Å². The first-order valence-electron chi connectivity index (χ1n) is 5.13. The Morgan fingerprint density at radius 1 is 0.842 bits per heavy atom. The van der Waals surface area contributed by atoms with Crippen molar-refractivity contribution in [3.8, 4) is 0 Å². The molecule has 0 radical (unpaired) electrons. The van der Waals surface area contributed by atoms with E-state index >= 15 is 0 Å². The van der Waals surface area contributed by atoms with E-state index in [1.54, 1.807) is 18.2 Å². The smallest absolute Gasteiger partial charge is 0.161 e. The summed E-state index contributed by atoms with van der Waals surface area (Å²) in [6.45, 7) is 0. The molecule has 0 saturated carbocycles. The van der Waals surface area contributed by atoms with E-state index in [9.17, 15) is 13.2 Å². The molecule has 1 unspecified atom stereocenters. The normalized spacial score (nSPS) is 12.5. The van der Waals surface area contributed by atoms with Crippen LogP contribution in [-0.4, -0.2) is 0 Å². The van der Waals surface area contributed by atoms with E-state index in [1.807, 2.05) is 0 Å². The van der Waals surface area contributed by atoms with Gasteiger partial charge in [0, 0.05) is 20.6 Å². The Morgan fingerprint density at radius 3 is 2.16 bits per heavy atom. The van der Waals surface area contributed by atoms with Crippen molar-refractivity contribution in [2.24, 2.45) is 0 Å². The van der Waals surface area contributed by atoms with Gasteiger partial charge < -0.3 is 0 Å². The molecular formula is C13H6Br2ClF3. The van der Waals surface area contributed by atoms with Gasteiger partial charge in [-0.15, -0.1) is 11.6 Å². The Balaban J connectivity index is 2.52. The molecule has 0 aromatic heterocycles. The summed E-state index contributed by atoms with van der Waals surface area (Å²) >= 11 is 12.7. The van der Waals surface area contributed by atoms with Crippen LogP contribution in [-0.2, 0) is 0 Å². The van der Waals surface area contributed by atoms with Crippen molar-refractivity contribution >= 4 is 43.5 Å². The predicted octanol–water partition coefficient (Wildman–Crippen LogP) is 5.96. The second kappa shape index (κ2) is 5.85. The van der Waals surface area contributed by atoms with Crippen LogP contribution < -0.4 is 0 Å². The molecule has 0 nitrogen and oxygen atoms in total. The molecule has 100 valence electrons. The minimum absolute atomic E-state index is 0.112. The van der Waals surface area contributed by atoms with E-state index in [-0.39, 0.29) is 5.56 Å². The minimum atomic E-state index is -1.24. The monoisotopic (exact) mass is 412 g/mol. The van der Waals surface area contributed by atoms with Crippen LogP contribution in [0.4, 0.5) is 13.2 Å². The molecule has 0 amide bonds. The van der Waals surface area contributed by atoms with Crippen molar-refractivity contribution in [3.63, 3.8) is 0 Å². The third-order valence-electron chi connectivity index (χ3n) is 2.54. The first-order chi connectivity index (χ1) is 8.90. The molecule has 0 saturated heterocycles. The minimum Gasteiger partial charge on any atom is -0.207 e. The van der Waals surface area contributed by atoms with Gasteiger partial charge in [0.25, 0.3) is 0 Å². The molecule has 0 bridgehead atoms. The van der Waals surface area contributed by atoms with Crippen LogP contribution in [0.5, 0.6) is 0 Å². The molecule has 2 rings (SSSR count). The summed E-state index contributed by atoms with van der Waals surface area (Å²) in [5.74, 6) is -3.25. The second-order valence-electron chi connectivity index (χ2n) is 3.82. The van der Waals surface area contributed by atoms with E-state index in [0.717, 1.165) is 10.5 Å². The molecule has 0 heterocycles. The van der Waals surface area contributed by atoms with Gasteiger partial charge in [0.15, 0.2) is 11.6 Å². The largest absolute Gasteiger partial charge is 0.207 e. The maximum Gasteiger partial charge on any atom is 0.161 e. The fourth-order valence-corrected chi connectivity index (χ4v) is 2.94. The van der Waals surface area contributed by atoms with Crippen LogP contribution >= 0.6 is 43.5 Å². The van der Waals surface area contributed by atoms with Crippen molar-refractivity contribution < 1.29 is 13.2 Å². The highest BCUT2D eigenvalue weighted by molar-refractivity contribution is 9.11. The van der Waals surface area contributed by atoms with Crippen LogP contribution in [0.15, 0.2) is 39.3 Å². The van der Waals surface area contributed by atoms with Crippen LogP contribution in [0.2, 0.25) is 0 Å². The molecule has 6 heteroatoms. The molecule has 0 aliphatic heterocycles. The zero-order valence-electron chi connectivity index (χ0n) is 9.23. The quantitative estimate of drug-likeness (QED) is 0.420. The molecule has 1 atom stereocenters. The Kier molecular flexibility index (Phi) is 4.58. The van der Waals surface area contributed by atoms with E-state index in [4.69, 9.17) is 11.6 Å². The Hall–Kier alpha value is -0.520. The zero-order chi connectivity index (χ0) is 14.2. The summed E-state index contributed by atoms with van der Waals surface area (Å²) in [5.41, 5.74) is 0.445. The van der Waals surface area contributed by atoms with Crippen LogP contribution in [0.1, 0.15) is 16.5 Å². The lowest BCUT2D eigenvalue weighted by atomic mass is 10.0. The van der Waals surface area contributed by atoms with E-state index in [2.05, 4.69) is 31.9 Å². The Labute approximate surface area is 129 Å². The van der Waals surface area contributed by atoms with Gasteiger partial charge in [-0.25, -0.2) is 13.2 Å². The van der Waals surface area contributed by atoms with Gasteiger partial charge >= 0.3 is 0 Å². The van der Waals surface area contributed by atoms with Gasteiger partial charge in [-0.2, -0.15) is 0 Å². The van der Waals surface area contributed by atoms with Crippen molar-refractivity contribution in [3.05, 3.63) is 67.9 Å². The van der Waals surface area contributed by atoms with Crippen LogP contribution in [0.25, 0.3) is 0 Å². The van der Waals surface area contributed by atoms with Crippen LogP contribution in [0, 0.1) is 17.5 Å². The number of alkyl halides is 1. The zero-order valence-corrected chi connectivity index (χ0v) is 13.2. The second-order valence-corrected chi connectivity index (χ2v) is 6.02. The lowest BCUT2D eigenvalue weighted by molar-refractivity contribution is 0.490. The van der Waals surface area contributed by atoms with Gasteiger partial charge in [-0.05, 0) is 29.8 Å². The average Bonchev–Trinajstić information content (AvgIpc) is 2.36. The highest BCUT2D eigenvalue weighted by Gasteiger charge is 2.20. The summed E-state index contributed by atoms with van der Waals surface area (Å²) < 4.78 is 41.2. The Bertz CT molecular complexity index is 632. The molecule has 0 aliphatic rings. The number of rotatable bonds is 2. The van der Waals surface area contributed by atoms with E-state index in [1.165, 1.54) is 0 Å². The van der Waals surface area contributed by atoms with Gasteiger partial charge in [0.1, 0.15) is 5.82 Å². The Morgan fingerprint density at radius 2 is 1.47 bits per heavy atom. The van der Waals surface area contributed by atoms with Crippen molar-refractivity contribution in [2.45, 2.75) is 5.38 Å². The number of hydrogen-bond acceptors (Lipinski definition) is 0. The number of halogens is 6. The highest BCUT2D eigenvalue weighted by Crippen LogP contribution is 2.37. The van der Waals surface area contributed by atoms with Gasteiger partial charge in [-0.1, -0.05) is 31.9 Å². The van der Waals surface area contributed by atoms with E-state index < -0.39 is 22.8 Å². The maximum absolute atomic E-state index is 13.7. The molecular weight excluding hydrogens is 408 g/mol. The highest BCUT2D eigenvalue weighted by atomic mass is 79.9. The first kappa shape index (κ1) is 14.9. The lowest BCUT2D eigenvalue weighted by Crippen LogP contribution is -2.01. The summed E-state index contributed by atoms with van der Waals surface area (Å²) in [5, 5.41) is -0.929. The molecule has 2 aromatic rings. The number of hydrogen-bond donors (Lipinski definition) is 0. The third-order valence-corrected chi connectivity index (χ3v) is 4.23. The topological polar surface area (TPSA) is 0 Å². The SMILES string of the molecule is Fc1cc(F)c(C(Cl)c2cc(Br)ccc2Br)cc1F. The first-order valence-corrected chi connectivity index (χ1v) is 7.16. The molecule has 0 aliphatic carbocycles. The lowest BCUT2D eigenvalue weighted by Gasteiger charge is -2.14. The summed E-state index contributed by atoms with van der Waals surface area (Å²) in [6.07, 6.45) is 0. The fourth-order valence-electron chi connectivity index (χ4n) is 1.61. The van der Waals surface area contributed by atoms with Gasteiger partial charge in [-0.3, -0.25) is 0 Å². The molecule has 0 fully saturated rings. The maximum atomic E-state index is 13.7. The van der Waals surface area contributed by atoms with Crippen molar-refractivity contribution in [1.29, 1.82) is 0 Å². The molecule has 0 N–H and O–H groups in total. The summed E-state index contributed by atoms with van der Waals surface area (Å²) in [4.78, 5) is 0. The van der Waals surface area contributed by atoms with Crippen molar-refractivity contribution in [1.82, 2.24) is 0 Å². The number of benzene rings is 2. The average molecular weight is 414 g/mol. The standard InChI is InChI=1S/C13H6Br2ClF3/c14-6-1-2-9(15)7(3-6)13(16)8-4-11(18)12(19)5-10(8)17/h1-5,13H. The fraction of sp³-hybridized carbons (Fsp3) is 0.0769. The van der Waals surface area contributed by atoms with Gasteiger partial charge in [0.2, 0.25) is 0 Å².